The molecule has 84 valence electrons. The Balaban J connectivity index is 2.95. The van der Waals surface area contributed by atoms with Gasteiger partial charge in [0.25, 0.3) is 0 Å². The molecule has 0 atom stereocenters. The smallest absolute Gasteiger partial charge is 0.121 e. The quantitative estimate of drug-likeness (QED) is 0.735. The maximum Gasteiger partial charge on any atom is 0.121 e. The van der Waals surface area contributed by atoms with Crippen molar-refractivity contribution in [2.24, 2.45) is 0 Å². The number of nitrogens with zero attached hydrogens (tertiary/aromatic N) is 1. The Morgan fingerprint density at radius 3 is 2.47 bits per heavy atom. The topological polar surface area (TPSA) is 12.5 Å². The van der Waals surface area contributed by atoms with Crippen LogP contribution in [0.2, 0.25) is 0 Å². The number of hydrogen-bond donors (Lipinski definition) is 0. The summed E-state index contributed by atoms with van der Waals surface area (Å²) in [5.41, 5.74) is 2.51. The molecule has 15 heavy (non-hydrogen) atoms. The number of benzene rings is 1. The third-order valence-corrected chi connectivity index (χ3v) is 2.51. The highest BCUT2D eigenvalue weighted by atomic mass is 16.5. The van der Waals surface area contributed by atoms with Crippen molar-refractivity contribution in [1.29, 1.82) is 0 Å². The zero-order valence-corrected chi connectivity index (χ0v) is 10.2. The van der Waals surface area contributed by atoms with E-state index in [4.69, 9.17) is 4.74 Å². The molecule has 1 aromatic carbocycles. The fourth-order valence-corrected chi connectivity index (χ4v) is 1.77. The molecule has 0 fully saturated rings. The van der Waals surface area contributed by atoms with Gasteiger partial charge in [-0.15, -0.1) is 0 Å². The predicted octanol–water partition coefficient (Wildman–Crippen LogP) is 3.24. The molecule has 2 heteroatoms. The Hall–Kier alpha value is -1.18. The molecule has 1 rings (SSSR count). The second kappa shape index (κ2) is 5.64. The van der Waals surface area contributed by atoms with E-state index in [9.17, 15) is 0 Å². The van der Waals surface area contributed by atoms with E-state index < -0.39 is 0 Å². The van der Waals surface area contributed by atoms with Gasteiger partial charge in [-0.3, -0.25) is 0 Å². The standard InChI is InChI=1S/C13H21NO/c1-5-7-14(6-2)12-8-11(3)9-13(10-12)15-4/h8-10H,5-7H2,1-4H3. The first-order valence-corrected chi connectivity index (χ1v) is 5.61. The van der Waals surface area contributed by atoms with Gasteiger partial charge in [0.1, 0.15) is 5.75 Å². The number of anilines is 1. The van der Waals surface area contributed by atoms with Crippen molar-refractivity contribution in [3.05, 3.63) is 23.8 Å². The largest absolute Gasteiger partial charge is 0.497 e. The Morgan fingerprint density at radius 2 is 1.93 bits per heavy atom. The molecule has 2 nitrogen and oxygen atoms in total. The molecule has 0 heterocycles. The summed E-state index contributed by atoms with van der Waals surface area (Å²) in [5, 5.41) is 0. The van der Waals surface area contributed by atoms with Crippen LogP contribution in [-0.4, -0.2) is 20.2 Å². The lowest BCUT2D eigenvalue weighted by atomic mass is 10.2. The van der Waals surface area contributed by atoms with Crippen LogP contribution in [0.15, 0.2) is 18.2 Å². The van der Waals surface area contributed by atoms with Crippen molar-refractivity contribution in [1.82, 2.24) is 0 Å². The first-order valence-electron chi connectivity index (χ1n) is 5.61. The summed E-state index contributed by atoms with van der Waals surface area (Å²) in [5.74, 6) is 0.944. The van der Waals surface area contributed by atoms with Crippen LogP contribution in [0.4, 0.5) is 5.69 Å². The van der Waals surface area contributed by atoms with Gasteiger partial charge in [-0.25, -0.2) is 0 Å². The maximum absolute atomic E-state index is 5.28. The summed E-state index contributed by atoms with van der Waals surface area (Å²) in [4.78, 5) is 2.37. The zero-order valence-electron chi connectivity index (χ0n) is 10.2. The lowest BCUT2D eigenvalue weighted by Gasteiger charge is -2.23. The van der Waals surface area contributed by atoms with Crippen LogP contribution in [0.25, 0.3) is 0 Å². The number of aryl methyl sites for hydroxylation is 1. The highest BCUT2D eigenvalue weighted by Gasteiger charge is 2.05. The average Bonchev–Trinajstić information content (AvgIpc) is 2.24. The van der Waals surface area contributed by atoms with E-state index >= 15 is 0 Å². The van der Waals surface area contributed by atoms with Crippen molar-refractivity contribution < 1.29 is 4.74 Å². The number of ether oxygens (including phenoxy) is 1. The van der Waals surface area contributed by atoms with Crippen molar-refractivity contribution in [2.45, 2.75) is 27.2 Å². The van der Waals surface area contributed by atoms with Crippen LogP contribution in [0.5, 0.6) is 5.75 Å². The third kappa shape index (κ3) is 3.15. The SMILES string of the molecule is CCCN(CC)c1cc(C)cc(OC)c1. The van der Waals surface area contributed by atoms with E-state index in [1.54, 1.807) is 7.11 Å². The number of rotatable bonds is 5. The second-order valence-electron chi connectivity index (χ2n) is 3.79. The van der Waals surface area contributed by atoms with Gasteiger partial charge in [0.05, 0.1) is 7.11 Å². The number of methoxy groups -OCH3 is 1. The van der Waals surface area contributed by atoms with E-state index in [0.717, 1.165) is 18.8 Å². The van der Waals surface area contributed by atoms with Crippen molar-refractivity contribution in [2.75, 3.05) is 25.1 Å². The van der Waals surface area contributed by atoms with Crippen LogP contribution < -0.4 is 9.64 Å². The molecule has 0 saturated heterocycles. The monoisotopic (exact) mass is 207 g/mol. The van der Waals surface area contributed by atoms with Crippen LogP contribution in [0.1, 0.15) is 25.8 Å². The Morgan fingerprint density at radius 1 is 1.20 bits per heavy atom. The molecule has 0 N–H and O–H groups in total. The second-order valence-corrected chi connectivity index (χ2v) is 3.79. The van der Waals surface area contributed by atoms with E-state index in [2.05, 4.69) is 43.9 Å². The Labute approximate surface area is 92.9 Å². The summed E-state index contributed by atoms with van der Waals surface area (Å²) < 4.78 is 5.28. The minimum atomic E-state index is 0.944. The molecule has 1 aromatic rings. The molecule has 0 aliphatic rings. The van der Waals surface area contributed by atoms with Gasteiger partial charge in [-0.05, 0) is 38.0 Å². The van der Waals surface area contributed by atoms with Gasteiger partial charge in [-0.1, -0.05) is 6.92 Å². The van der Waals surface area contributed by atoms with Crippen LogP contribution in [0, 0.1) is 6.92 Å². The van der Waals surface area contributed by atoms with Gasteiger partial charge in [0, 0.05) is 24.8 Å². The molecule has 0 spiro atoms. The first kappa shape index (κ1) is 11.9. The predicted molar refractivity (Wildman–Crippen MR) is 65.9 cm³/mol. The molecular formula is C13H21NO. The van der Waals surface area contributed by atoms with E-state index in [0.29, 0.717) is 0 Å². The lowest BCUT2D eigenvalue weighted by molar-refractivity contribution is 0.414. The summed E-state index contributed by atoms with van der Waals surface area (Å²) in [6, 6.07) is 6.37. The van der Waals surface area contributed by atoms with Gasteiger partial charge < -0.3 is 9.64 Å². The lowest BCUT2D eigenvalue weighted by Crippen LogP contribution is -2.23. The highest BCUT2D eigenvalue weighted by Crippen LogP contribution is 2.23. The van der Waals surface area contributed by atoms with Crippen molar-refractivity contribution >= 4 is 5.69 Å². The maximum atomic E-state index is 5.28. The van der Waals surface area contributed by atoms with Crippen molar-refractivity contribution in [3.8, 4) is 5.75 Å². The van der Waals surface area contributed by atoms with Crippen LogP contribution in [0.3, 0.4) is 0 Å². The average molecular weight is 207 g/mol. The summed E-state index contributed by atoms with van der Waals surface area (Å²) in [7, 11) is 1.72. The molecular weight excluding hydrogens is 186 g/mol. The van der Waals surface area contributed by atoms with Crippen molar-refractivity contribution in [3.63, 3.8) is 0 Å². The summed E-state index contributed by atoms with van der Waals surface area (Å²) in [6.07, 6.45) is 1.17. The molecule has 0 saturated carbocycles. The summed E-state index contributed by atoms with van der Waals surface area (Å²) in [6.45, 7) is 8.63. The van der Waals surface area contributed by atoms with Crippen LogP contribution in [-0.2, 0) is 0 Å². The minimum absolute atomic E-state index is 0.944. The zero-order chi connectivity index (χ0) is 11.3. The van der Waals surface area contributed by atoms with Crippen LogP contribution >= 0.6 is 0 Å². The molecule has 0 aliphatic heterocycles. The van der Waals surface area contributed by atoms with Gasteiger partial charge in [0.15, 0.2) is 0 Å². The van der Waals surface area contributed by atoms with Gasteiger partial charge in [0.2, 0.25) is 0 Å². The number of hydrogen-bond acceptors (Lipinski definition) is 2. The minimum Gasteiger partial charge on any atom is -0.497 e. The Kier molecular flexibility index (Phi) is 4.47. The fraction of sp³-hybridized carbons (Fsp3) is 0.538. The normalized spacial score (nSPS) is 10.1. The molecule has 0 radical (unpaired) electrons. The first-order chi connectivity index (χ1) is 7.21. The van der Waals surface area contributed by atoms with E-state index in [1.807, 2.05) is 0 Å². The Bertz CT molecular complexity index is 309. The van der Waals surface area contributed by atoms with Gasteiger partial charge >= 0.3 is 0 Å². The fourth-order valence-electron chi connectivity index (χ4n) is 1.77. The molecule has 0 bridgehead atoms. The molecule has 0 aromatic heterocycles. The van der Waals surface area contributed by atoms with E-state index in [-0.39, 0.29) is 0 Å². The summed E-state index contributed by atoms with van der Waals surface area (Å²) >= 11 is 0. The van der Waals surface area contributed by atoms with Gasteiger partial charge in [-0.2, -0.15) is 0 Å². The van der Waals surface area contributed by atoms with E-state index in [1.165, 1.54) is 17.7 Å². The highest BCUT2D eigenvalue weighted by molar-refractivity contribution is 5.53. The molecule has 0 unspecified atom stereocenters. The molecule has 0 aliphatic carbocycles. The third-order valence-electron chi connectivity index (χ3n) is 2.51. The molecule has 0 amide bonds.